The molecule has 0 aliphatic carbocycles. The molecule has 0 saturated carbocycles. The van der Waals surface area contributed by atoms with Gasteiger partial charge in [0.05, 0.1) is 17.2 Å². The number of nitrogens with zero attached hydrogens (tertiary/aromatic N) is 2. The van der Waals surface area contributed by atoms with Crippen LogP contribution < -0.4 is 4.90 Å². The van der Waals surface area contributed by atoms with Crippen molar-refractivity contribution in [1.29, 1.82) is 5.26 Å². The van der Waals surface area contributed by atoms with E-state index >= 15 is 0 Å². The molecular formula is C21H19F3N2. The summed E-state index contributed by atoms with van der Waals surface area (Å²) in [5.41, 5.74) is 2.10. The molecule has 1 aliphatic rings. The van der Waals surface area contributed by atoms with E-state index in [1.54, 1.807) is 6.08 Å². The number of allylic oxidation sites excluding steroid dienone is 1. The largest absolute Gasteiger partial charge is 0.416 e. The molecule has 134 valence electrons. The molecule has 0 spiro atoms. The van der Waals surface area contributed by atoms with Gasteiger partial charge in [0.2, 0.25) is 0 Å². The maximum atomic E-state index is 12.7. The van der Waals surface area contributed by atoms with Crippen LogP contribution in [0.1, 0.15) is 36.0 Å². The Bertz CT molecular complexity index is 806. The minimum atomic E-state index is -4.38. The fourth-order valence-electron chi connectivity index (χ4n) is 3.12. The van der Waals surface area contributed by atoms with E-state index in [2.05, 4.69) is 11.0 Å². The Labute approximate surface area is 151 Å². The molecule has 1 heterocycles. The molecule has 0 bridgehead atoms. The summed E-state index contributed by atoms with van der Waals surface area (Å²) in [4.78, 5) is 2.35. The quantitative estimate of drug-likeness (QED) is 0.516. The van der Waals surface area contributed by atoms with Crippen molar-refractivity contribution < 1.29 is 13.2 Å². The van der Waals surface area contributed by atoms with Crippen LogP contribution in [0.3, 0.4) is 0 Å². The normalized spacial score (nSPS) is 15.6. The monoisotopic (exact) mass is 356 g/mol. The first-order valence-corrected chi connectivity index (χ1v) is 8.62. The SMILES string of the molecule is N#C/C(=C/c1ccc(N2CCCCC2)cc1)c1ccc(C(F)(F)F)cc1. The zero-order chi connectivity index (χ0) is 18.6. The minimum absolute atomic E-state index is 0.337. The molecule has 5 heteroatoms. The highest BCUT2D eigenvalue weighted by Gasteiger charge is 2.30. The topological polar surface area (TPSA) is 27.0 Å². The van der Waals surface area contributed by atoms with Crippen LogP contribution in [0, 0.1) is 11.3 Å². The molecule has 1 fully saturated rings. The lowest BCUT2D eigenvalue weighted by Crippen LogP contribution is -2.29. The summed E-state index contributed by atoms with van der Waals surface area (Å²) in [6, 6.07) is 14.7. The van der Waals surface area contributed by atoms with Gasteiger partial charge in [-0.15, -0.1) is 0 Å². The van der Waals surface area contributed by atoms with Gasteiger partial charge < -0.3 is 4.90 Å². The third kappa shape index (κ3) is 4.26. The van der Waals surface area contributed by atoms with Crippen molar-refractivity contribution in [1.82, 2.24) is 0 Å². The summed E-state index contributed by atoms with van der Waals surface area (Å²) < 4.78 is 38.0. The van der Waals surface area contributed by atoms with Gasteiger partial charge in [0.15, 0.2) is 0 Å². The average molecular weight is 356 g/mol. The summed E-state index contributed by atoms with van der Waals surface area (Å²) >= 11 is 0. The third-order valence-corrected chi connectivity index (χ3v) is 4.57. The van der Waals surface area contributed by atoms with Crippen LogP contribution in [0.25, 0.3) is 11.6 Å². The van der Waals surface area contributed by atoms with Crippen LogP contribution in [0.4, 0.5) is 18.9 Å². The number of nitriles is 1. The van der Waals surface area contributed by atoms with E-state index in [1.165, 1.54) is 31.4 Å². The van der Waals surface area contributed by atoms with Gasteiger partial charge in [-0.25, -0.2) is 0 Å². The molecule has 0 aromatic heterocycles. The highest BCUT2D eigenvalue weighted by molar-refractivity contribution is 5.89. The molecule has 1 saturated heterocycles. The summed E-state index contributed by atoms with van der Waals surface area (Å²) in [7, 11) is 0. The van der Waals surface area contributed by atoms with E-state index in [9.17, 15) is 18.4 Å². The van der Waals surface area contributed by atoms with Gasteiger partial charge in [-0.3, -0.25) is 0 Å². The van der Waals surface area contributed by atoms with E-state index in [-0.39, 0.29) is 0 Å². The van der Waals surface area contributed by atoms with Crippen molar-refractivity contribution in [3.05, 3.63) is 65.2 Å². The Balaban J connectivity index is 1.79. The van der Waals surface area contributed by atoms with E-state index in [0.717, 1.165) is 36.5 Å². The molecule has 2 aromatic rings. The average Bonchev–Trinajstić information content (AvgIpc) is 2.67. The van der Waals surface area contributed by atoms with Gasteiger partial charge in [-0.05, 0) is 60.7 Å². The zero-order valence-corrected chi connectivity index (χ0v) is 14.3. The maximum Gasteiger partial charge on any atom is 0.416 e. The molecule has 0 atom stereocenters. The third-order valence-electron chi connectivity index (χ3n) is 4.57. The lowest BCUT2D eigenvalue weighted by molar-refractivity contribution is -0.137. The molecule has 2 nitrogen and oxygen atoms in total. The molecule has 0 radical (unpaired) electrons. The van der Waals surface area contributed by atoms with Crippen LogP contribution >= 0.6 is 0 Å². The number of hydrogen-bond donors (Lipinski definition) is 0. The van der Waals surface area contributed by atoms with Crippen molar-refractivity contribution in [3.8, 4) is 6.07 Å². The molecule has 1 aliphatic heterocycles. The van der Waals surface area contributed by atoms with E-state index in [1.807, 2.05) is 24.3 Å². The lowest BCUT2D eigenvalue weighted by Gasteiger charge is -2.28. The highest BCUT2D eigenvalue weighted by Crippen LogP contribution is 2.30. The van der Waals surface area contributed by atoms with Crippen molar-refractivity contribution in [2.45, 2.75) is 25.4 Å². The van der Waals surface area contributed by atoms with Crippen molar-refractivity contribution in [3.63, 3.8) is 0 Å². The first kappa shape index (κ1) is 18.1. The minimum Gasteiger partial charge on any atom is -0.372 e. The number of rotatable bonds is 3. The van der Waals surface area contributed by atoms with E-state index < -0.39 is 11.7 Å². The predicted molar refractivity (Wildman–Crippen MR) is 97.4 cm³/mol. The van der Waals surface area contributed by atoms with Gasteiger partial charge in [-0.1, -0.05) is 24.3 Å². The summed E-state index contributed by atoms with van der Waals surface area (Å²) in [6.07, 6.45) is 1.00. The number of alkyl halides is 3. The molecule has 3 rings (SSSR count). The predicted octanol–water partition coefficient (Wildman–Crippen LogP) is 5.76. The zero-order valence-electron chi connectivity index (χ0n) is 14.3. The van der Waals surface area contributed by atoms with Crippen LogP contribution in [0.15, 0.2) is 48.5 Å². The van der Waals surface area contributed by atoms with Crippen LogP contribution in [-0.4, -0.2) is 13.1 Å². The molecule has 26 heavy (non-hydrogen) atoms. The van der Waals surface area contributed by atoms with Gasteiger partial charge >= 0.3 is 6.18 Å². The van der Waals surface area contributed by atoms with Crippen LogP contribution in [0.5, 0.6) is 0 Å². The van der Waals surface area contributed by atoms with Gasteiger partial charge in [-0.2, -0.15) is 18.4 Å². The molecule has 0 N–H and O–H groups in total. The molecule has 0 amide bonds. The maximum absolute atomic E-state index is 12.7. The number of piperidine rings is 1. The van der Waals surface area contributed by atoms with Crippen LogP contribution in [-0.2, 0) is 6.18 Å². The molecule has 0 unspecified atom stereocenters. The second-order valence-corrected chi connectivity index (χ2v) is 6.38. The van der Waals surface area contributed by atoms with Crippen LogP contribution in [0.2, 0.25) is 0 Å². The summed E-state index contributed by atoms with van der Waals surface area (Å²) in [5.74, 6) is 0. The van der Waals surface area contributed by atoms with Gasteiger partial charge in [0.1, 0.15) is 0 Å². The fraction of sp³-hybridized carbons (Fsp3) is 0.286. The standard InChI is InChI=1S/C21H19F3N2/c22-21(23,24)19-8-6-17(7-9-19)18(15-25)14-16-4-10-20(11-5-16)26-12-2-1-3-13-26/h4-11,14H,1-3,12-13H2/b18-14-. The second-order valence-electron chi connectivity index (χ2n) is 6.38. The first-order chi connectivity index (χ1) is 12.5. The summed E-state index contributed by atoms with van der Waals surface area (Å²) in [6.45, 7) is 2.12. The Hall–Kier alpha value is -2.74. The highest BCUT2D eigenvalue weighted by atomic mass is 19.4. The van der Waals surface area contributed by atoms with Crippen molar-refractivity contribution in [2.24, 2.45) is 0 Å². The summed E-state index contributed by atoms with van der Waals surface area (Å²) in [5, 5.41) is 9.38. The Morgan fingerprint density at radius 2 is 1.54 bits per heavy atom. The van der Waals surface area contributed by atoms with Gasteiger partial charge in [0, 0.05) is 18.8 Å². The first-order valence-electron chi connectivity index (χ1n) is 8.62. The lowest BCUT2D eigenvalue weighted by atomic mass is 10.0. The van der Waals surface area contributed by atoms with Crippen molar-refractivity contribution >= 4 is 17.3 Å². The van der Waals surface area contributed by atoms with Crippen molar-refractivity contribution in [2.75, 3.05) is 18.0 Å². The van der Waals surface area contributed by atoms with E-state index in [4.69, 9.17) is 0 Å². The molecule has 2 aromatic carbocycles. The molecular weight excluding hydrogens is 337 g/mol. The fourth-order valence-corrected chi connectivity index (χ4v) is 3.12. The van der Waals surface area contributed by atoms with Gasteiger partial charge in [0.25, 0.3) is 0 Å². The van der Waals surface area contributed by atoms with E-state index in [0.29, 0.717) is 11.1 Å². The number of hydrogen-bond acceptors (Lipinski definition) is 2. The number of anilines is 1. The Morgan fingerprint density at radius 3 is 2.08 bits per heavy atom. The number of halogens is 3. The Morgan fingerprint density at radius 1 is 0.923 bits per heavy atom. The Kier molecular flexibility index (Phi) is 5.32. The number of benzene rings is 2. The smallest absolute Gasteiger partial charge is 0.372 e. The second kappa shape index (κ2) is 7.65.